The van der Waals surface area contributed by atoms with E-state index in [4.69, 9.17) is 14.9 Å². The number of nitrogen functional groups attached to an aromatic ring is 1. The molecule has 0 atom stereocenters. The summed E-state index contributed by atoms with van der Waals surface area (Å²) in [6, 6.07) is 20.1. The van der Waals surface area contributed by atoms with E-state index in [9.17, 15) is 0 Å². The van der Waals surface area contributed by atoms with Crippen LogP contribution in [0.4, 0.5) is 5.69 Å². The average molecular weight is 289 g/mol. The van der Waals surface area contributed by atoms with Crippen LogP contribution in [0, 0.1) is 0 Å². The van der Waals surface area contributed by atoms with Gasteiger partial charge in [-0.25, -0.2) is 0 Å². The number of rotatable bonds is 2. The second-order valence-electron chi connectivity index (χ2n) is 5.24. The quantitative estimate of drug-likeness (QED) is 0.537. The number of fused-ring (bicyclic) bond motifs is 3. The molecule has 4 rings (SSSR count). The summed E-state index contributed by atoms with van der Waals surface area (Å²) in [7, 11) is 1.64. The van der Waals surface area contributed by atoms with Gasteiger partial charge in [0, 0.05) is 22.4 Å². The van der Waals surface area contributed by atoms with Crippen molar-refractivity contribution in [3.8, 4) is 16.9 Å². The summed E-state index contributed by atoms with van der Waals surface area (Å²) in [4.78, 5) is 0. The molecule has 1 heterocycles. The number of hydrogen-bond donors (Lipinski definition) is 1. The van der Waals surface area contributed by atoms with Crippen LogP contribution in [-0.2, 0) is 0 Å². The van der Waals surface area contributed by atoms with E-state index in [2.05, 4.69) is 18.2 Å². The van der Waals surface area contributed by atoms with Crippen LogP contribution in [-0.4, -0.2) is 7.11 Å². The van der Waals surface area contributed by atoms with Crippen LogP contribution < -0.4 is 10.5 Å². The number of anilines is 1. The summed E-state index contributed by atoms with van der Waals surface area (Å²) in [5.41, 5.74) is 10.4. The lowest BCUT2D eigenvalue weighted by Crippen LogP contribution is -1.88. The molecular formula is C19H15NO2. The zero-order valence-corrected chi connectivity index (χ0v) is 12.2. The fourth-order valence-corrected chi connectivity index (χ4v) is 2.86. The fraction of sp³-hybridized carbons (Fsp3) is 0.0526. The molecule has 108 valence electrons. The van der Waals surface area contributed by atoms with Gasteiger partial charge in [0.1, 0.15) is 11.3 Å². The van der Waals surface area contributed by atoms with Crippen molar-refractivity contribution >= 4 is 27.6 Å². The van der Waals surface area contributed by atoms with E-state index in [0.717, 1.165) is 33.2 Å². The molecule has 0 aliphatic carbocycles. The molecule has 2 N–H and O–H groups in total. The lowest BCUT2D eigenvalue weighted by atomic mass is 10.0. The molecule has 22 heavy (non-hydrogen) atoms. The third-order valence-electron chi connectivity index (χ3n) is 3.92. The van der Waals surface area contributed by atoms with Gasteiger partial charge in [-0.3, -0.25) is 0 Å². The van der Waals surface area contributed by atoms with Crippen LogP contribution in [0.3, 0.4) is 0 Å². The minimum atomic E-state index is 0.588. The van der Waals surface area contributed by atoms with Gasteiger partial charge in [-0.05, 0) is 11.6 Å². The van der Waals surface area contributed by atoms with Crippen molar-refractivity contribution in [2.45, 2.75) is 0 Å². The van der Waals surface area contributed by atoms with E-state index in [1.807, 2.05) is 36.4 Å². The molecule has 0 saturated heterocycles. The van der Waals surface area contributed by atoms with E-state index in [1.165, 1.54) is 0 Å². The minimum Gasteiger partial charge on any atom is -0.497 e. The van der Waals surface area contributed by atoms with Crippen molar-refractivity contribution in [2.24, 2.45) is 0 Å². The maximum absolute atomic E-state index is 6.11. The molecule has 0 amide bonds. The Balaban J connectivity index is 2.10. The monoisotopic (exact) mass is 289 g/mol. The molecule has 3 aromatic carbocycles. The highest BCUT2D eigenvalue weighted by Crippen LogP contribution is 2.39. The highest BCUT2D eigenvalue weighted by Gasteiger charge is 2.14. The Hall–Kier alpha value is -2.94. The van der Waals surface area contributed by atoms with Gasteiger partial charge in [0.2, 0.25) is 0 Å². The van der Waals surface area contributed by atoms with E-state index >= 15 is 0 Å². The third kappa shape index (κ3) is 1.83. The molecule has 3 nitrogen and oxygen atoms in total. The SMILES string of the molecule is COc1cc(N)c2oc3c(-c4ccccc4)cccc3c2c1. The van der Waals surface area contributed by atoms with Gasteiger partial charge in [0.25, 0.3) is 0 Å². The van der Waals surface area contributed by atoms with Crippen molar-refractivity contribution in [3.05, 3.63) is 60.7 Å². The first-order chi connectivity index (χ1) is 10.8. The predicted octanol–water partition coefficient (Wildman–Crippen LogP) is 4.84. The Labute approximate surface area is 127 Å². The number of para-hydroxylation sites is 1. The summed E-state index contributed by atoms with van der Waals surface area (Å²) < 4.78 is 11.4. The lowest BCUT2D eigenvalue weighted by molar-refractivity contribution is 0.415. The standard InChI is InChI=1S/C19H15NO2/c1-21-13-10-16-15-9-5-8-14(12-6-3-2-4-7-12)18(15)22-19(16)17(20)11-13/h2-11H,20H2,1H3. The molecule has 0 spiro atoms. The summed E-state index contributed by atoms with van der Waals surface area (Å²) in [5.74, 6) is 0.734. The summed E-state index contributed by atoms with van der Waals surface area (Å²) in [6.45, 7) is 0. The van der Waals surface area contributed by atoms with E-state index in [-0.39, 0.29) is 0 Å². The van der Waals surface area contributed by atoms with Gasteiger partial charge in [-0.1, -0.05) is 48.5 Å². The molecule has 0 saturated carbocycles. The van der Waals surface area contributed by atoms with Gasteiger partial charge in [-0.15, -0.1) is 0 Å². The van der Waals surface area contributed by atoms with Crippen LogP contribution in [0.5, 0.6) is 5.75 Å². The van der Waals surface area contributed by atoms with Crippen LogP contribution in [0.15, 0.2) is 65.1 Å². The fourth-order valence-electron chi connectivity index (χ4n) is 2.86. The summed E-state index contributed by atoms with van der Waals surface area (Å²) >= 11 is 0. The number of nitrogens with two attached hydrogens (primary N) is 1. The molecular weight excluding hydrogens is 274 g/mol. The predicted molar refractivity (Wildman–Crippen MR) is 90.1 cm³/mol. The van der Waals surface area contributed by atoms with Crippen molar-refractivity contribution in [3.63, 3.8) is 0 Å². The highest BCUT2D eigenvalue weighted by molar-refractivity contribution is 6.12. The Morgan fingerprint density at radius 2 is 1.68 bits per heavy atom. The second kappa shape index (κ2) is 4.81. The molecule has 1 aromatic heterocycles. The molecule has 0 unspecified atom stereocenters. The summed E-state index contributed by atoms with van der Waals surface area (Å²) in [5, 5.41) is 2.02. The highest BCUT2D eigenvalue weighted by atomic mass is 16.5. The van der Waals surface area contributed by atoms with Crippen LogP contribution >= 0.6 is 0 Å². The van der Waals surface area contributed by atoms with Gasteiger partial charge in [0.15, 0.2) is 5.58 Å². The molecule has 0 aliphatic heterocycles. The van der Waals surface area contributed by atoms with Crippen molar-refractivity contribution in [1.82, 2.24) is 0 Å². The lowest BCUT2D eigenvalue weighted by Gasteiger charge is -2.01. The number of furan rings is 1. The van der Waals surface area contributed by atoms with Gasteiger partial charge < -0.3 is 14.9 Å². The van der Waals surface area contributed by atoms with Gasteiger partial charge >= 0.3 is 0 Å². The Kier molecular flexibility index (Phi) is 2.79. The topological polar surface area (TPSA) is 48.4 Å². The molecule has 4 aromatic rings. The Morgan fingerprint density at radius 3 is 2.45 bits per heavy atom. The third-order valence-corrected chi connectivity index (χ3v) is 3.92. The number of ether oxygens (including phenoxy) is 1. The van der Waals surface area contributed by atoms with Crippen LogP contribution in [0.25, 0.3) is 33.1 Å². The first kappa shape index (κ1) is 12.8. The number of methoxy groups -OCH3 is 1. The smallest absolute Gasteiger partial charge is 0.158 e. The van der Waals surface area contributed by atoms with Gasteiger partial charge in [0.05, 0.1) is 12.8 Å². The van der Waals surface area contributed by atoms with Crippen molar-refractivity contribution in [1.29, 1.82) is 0 Å². The van der Waals surface area contributed by atoms with Crippen molar-refractivity contribution in [2.75, 3.05) is 12.8 Å². The minimum absolute atomic E-state index is 0.588. The molecule has 0 fully saturated rings. The zero-order valence-electron chi connectivity index (χ0n) is 12.2. The molecule has 0 bridgehead atoms. The molecule has 3 heteroatoms. The number of benzene rings is 3. The Morgan fingerprint density at radius 1 is 0.864 bits per heavy atom. The first-order valence-corrected chi connectivity index (χ1v) is 7.12. The van der Waals surface area contributed by atoms with E-state index in [1.54, 1.807) is 13.2 Å². The van der Waals surface area contributed by atoms with Gasteiger partial charge in [-0.2, -0.15) is 0 Å². The van der Waals surface area contributed by atoms with Crippen LogP contribution in [0.1, 0.15) is 0 Å². The van der Waals surface area contributed by atoms with Crippen molar-refractivity contribution < 1.29 is 9.15 Å². The normalized spacial score (nSPS) is 11.1. The molecule has 0 radical (unpaired) electrons. The van der Waals surface area contributed by atoms with E-state index in [0.29, 0.717) is 11.3 Å². The first-order valence-electron chi connectivity index (χ1n) is 7.12. The maximum atomic E-state index is 6.11. The average Bonchev–Trinajstić information content (AvgIpc) is 2.95. The van der Waals surface area contributed by atoms with E-state index < -0.39 is 0 Å². The maximum Gasteiger partial charge on any atom is 0.158 e. The summed E-state index contributed by atoms with van der Waals surface area (Å²) in [6.07, 6.45) is 0. The van der Waals surface area contributed by atoms with Crippen LogP contribution in [0.2, 0.25) is 0 Å². The second-order valence-corrected chi connectivity index (χ2v) is 5.24. The molecule has 0 aliphatic rings. The zero-order chi connectivity index (χ0) is 15.1. The Bertz CT molecular complexity index is 971. The largest absolute Gasteiger partial charge is 0.497 e. The number of hydrogen-bond acceptors (Lipinski definition) is 3.